The third kappa shape index (κ3) is 3.13. The van der Waals surface area contributed by atoms with Crippen molar-refractivity contribution in [3.8, 4) is 5.75 Å². The van der Waals surface area contributed by atoms with Gasteiger partial charge in [0.25, 0.3) is 0 Å². The Bertz CT molecular complexity index is 538. The summed E-state index contributed by atoms with van der Waals surface area (Å²) in [6.45, 7) is 2.07. The van der Waals surface area contributed by atoms with E-state index in [4.69, 9.17) is 0 Å². The normalized spacial score (nSPS) is 10.9. The molecule has 0 fully saturated rings. The van der Waals surface area contributed by atoms with E-state index in [0.717, 1.165) is 29.8 Å². The molecule has 1 heterocycles. The Kier molecular flexibility index (Phi) is 4.02. The second-order valence-electron chi connectivity index (χ2n) is 3.97. The van der Waals surface area contributed by atoms with E-state index in [9.17, 15) is 5.11 Å². The minimum absolute atomic E-state index is 0.319. The molecule has 1 N–H and O–H groups in total. The highest BCUT2D eigenvalue weighted by atomic mass is 16.3. The summed E-state index contributed by atoms with van der Waals surface area (Å²) in [6.07, 6.45) is 5.17. The average molecular weight is 241 g/mol. The van der Waals surface area contributed by atoms with Crippen molar-refractivity contribution in [2.24, 2.45) is 10.2 Å². The molecule has 0 atom stereocenters. The van der Waals surface area contributed by atoms with Crippen LogP contribution in [0.5, 0.6) is 5.75 Å². The number of benzene rings is 1. The maximum Gasteiger partial charge on any atom is 0.118 e. The van der Waals surface area contributed by atoms with Crippen LogP contribution in [0, 0.1) is 0 Å². The quantitative estimate of drug-likeness (QED) is 0.817. The number of phenols is 1. The first-order valence-corrected chi connectivity index (χ1v) is 5.93. The van der Waals surface area contributed by atoms with E-state index >= 15 is 0 Å². The third-order valence-corrected chi connectivity index (χ3v) is 2.53. The molecule has 92 valence electrons. The predicted octanol–water partition coefficient (Wildman–Crippen LogP) is 4.16. The molecular weight excluding hydrogens is 226 g/mol. The molecule has 0 spiro atoms. The fraction of sp³-hybridized carbons (Fsp3) is 0.214. The van der Waals surface area contributed by atoms with E-state index in [-0.39, 0.29) is 0 Å². The van der Waals surface area contributed by atoms with Crippen LogP contribution in [0.3, 0.4) is 0 Å². The van der Waals surface area contributed by atoms with Crippen molar-refractivity contribution in [3.63, 3.8) is 0 Å². The van der Waals surface area contributed by atoms with Crippen molar-refractivity contribution in [1.82, 2.24) is 4.98 Å². The van der Waals surface area contributed by atoms with Gasteiger partial charge in [0.05, 0.1) is 11.4 Å². The maximum absolute atomic E-state index is 9.67. The molecule has 0 saturated carbocycles. The van der Waals surface area contributed by atoms with Gasteiger partial charge in [-0.15, -0.1) is 0 Å². The molecule has 4 nitrogen and oxygen atoms in total. The minimum atomic E-state index is 0.319. The third-order valence-electron chi connectivity index (χ3n) is 2.53. The van der Waals surface area contributed by atoms with Crippen molar-refractivity contribution in [2.45, 2.75) is 19.8 Å². The zero-order chi connectivity index (χ0) is 12.8. The lowest BCUT2D eigenvalue weighted by atomic mass is 10.1. The lowest BCUT2D eigenvalue weighted by Gasteiger charge is -2.03. The molecule has 1 aromatic carbocycles. The summed E-state index contributed by atoms with van der Waals surface area (Å²) < 4.78 is 0. The van der Waals surface area contributed by atoms with Crippen molar-refractivity contribution in [1.29, 1.82) is 0 Å². The number of aromatic hydroxyl groups is 1. The monoisotopic (exact) mass is 241 g/mol. The lowest BCUT2D eigenvalue weighted by molar-refractivity contribution is 0.467. The van der Waals surface area contributed by atoms with E-state index in [1.54, 1.807) is 36.7 Å². The van der Waals surface area contributed by atoms with Gasteiger partial charge < -0.3 is 5.11 Å². The molecule has 0 radical (unpaired) electrons. The second kappa shape index (κ2) is 5.91. The number of azo groups is 1. The van der Waals surface area contributed by atoms with Gasteiger partial charge in [-0.2, -0.15) is 10.2 Å². The minimum Gasteiger partial charge on any atom is -0.508 e. The predicted molar refractivity (Wildman–Crippen MR) is 70.5 cm³/mol. The summed E-state index contributed by atoms with van der Waals surface area (Å²) in [6, 6.07) is 8.85. The second-order valence-corrected chi connectivity index (χ2v) is 3.97. The van der Waals surface area contributed by atoms with E-state index in [0.29, 0.717) is 5.75 Å². The molecule has 1 aromatic heterocycles. The fourth-order valence-corrected chi connectivity index (χ4v) is 1.63. The fourth-order valence-electron chi connectivity index (χ4n) is 1.63. The molecule has 0 aliphatic rings. The highest BCUT2D eigenvalue weighted by Gasteiger charge is 2.01. The summed E-state index contributed by atoms with van der Waals surface area (Å²) in [7, 11) is 0. The van der Waals surface area contributed by atoms with Gasteiger partial charge in [0, 0.05) is 12.4 Å². The molecule has 4 heteroatoms. The zero-order valence-corrected chi connectivity index (χ0v) is 10.2. The molecule has 2 rings (SSSR count). The number of pyridine rings is 1. The molecule has 0 aliphatic carbocycles. The zero-order valence-electron chi connectivity index (χ0n) is 10.2. The molecule has 2 aromatic rings. The molecule has 0 bridgehead atoms. The number of hydrogen-bond acceptors (Lipinski definition) is 4. The van der Waals surface area contributed by atoms with Crippen LogP contribution in [0.4, 0.5) is 11.4 Å². The van der Waals surface area contributed by atoms with Crippen molar-refractivity contribution < 1.29 is 5.11 Å². The summed E-state index contributed by atoms with van der Waals surface area (Å²) in [5, 5.41) is 17.9. The van der Waals surface area contributed by atoms with Gasteiger partial charge in [-0.25, -0.2) is 0 Å². The van der Waals surface area contributed by atoms with E-state index < -0.39 is 0 Å². The van der Waals surface area contributed by atoms with Gasteiger partial charge >= 0.3 is 0 Å². The first-order valence-electron chi connectivity index (χ1n) is 5.93. The summed E-state index contributed by atoms with van der Waals surface area (Å²) in [5.74, 6) is 0.319. The first-order chi connectivity index (χ1) is 8.79. The van der Waals surface area contributed by atoms with Crippen molar-refractivity contribution >= 4 is 11.4 Å². The van der Waals surface area contributed by atoms with E-state index in [1.807, 2.05) is 6.07 Å². The molecular formula is C14H15N3O. The van der Waals surface area contributed by atoms with Crippen LogP contribution >= 0.6 is 0 Å². The van der Waals surface area contributed by atoms with Crippen LogP contribution in [-0.4, -0.2) is 10.1 Å². The Hall–Kier alpha value is -2.23. The molecule has 0 aliphatic heterocycles. The Morgan fingerprint density at radius 1 is 1.06 bits per heavy atom. The first kappa shape index (κ1) is 12.2. The van der Waals surface area contributed by atoms with E-state index in [2.05, 4.69) is 22.1 Å². The van der Waals surface area contributed by atoms with Gasteiger partial charge in [0.15, 0.2) is 0 Å². The topological polar surface area (TPSA) is 57.8 Å². The summed E-state index contributed by atoms with van der Waals surface area (Å²) >= 11 is 0. The molecule has 0 unspecified atom stereocenters. The SMILES string of the molecule is CCCc1cc(N=Nc2ccncc2)ccc1O. The van der Waals surface area contributed by atoms with E-state index in [1.165, 1.54) is 0 Å². The number of aromatic nitrogens is 1. The standard InChI is InChI=1S/C14H15N3O/c1-2-3-11-10-13(4-5-14(11)18)17-16-12-6-8-15-9-7-12/h4-10,18H,2-3H2,1H3. The number of aryl methyl sites for hydroxylation is 1. The highest BCUT2D eigenvalue weighted by molar-refractivity contribution is 5.47. The van der Waals surface area contributed by atoms with Crippen LogP contribution in [0.25, 0.3) is 0 Å². The maximum atomic E-state index is 9.67. The van der Waals surface area contributed by atoms with Crippen LogP contribution in [0.15, 0.2) is 53.0 Å². The van der Waals surface area contributed by atoms with Gasteiger partial charge in [-0.1, -0.05) is 13.3 Å². The van der Waals surface area contributed by atoms with Crippen LogP contribution in [-0.2, 0) is 6.42 Å². The smallest absolute Gasteiger partial charge is 0.118 e. The Labute approximate surface area is 106 Å². The van der Waals surface area contributed by atoms with Gasteiger partial charge in [0.1, 0.15) is 5.75 Å². The molecule has 18 heavy (non-hydrogen) atoms. The summed E-state index contributed by atoms with van der Waals surface area (Å²) in [4.78, 5) is 3.92. The number of rotatable bonds is 4. The number of phenolic OH excluding ortho intramolecular Hbond substituents is 1. The van der Waals surface area contributed by atoms with Crippen LogP contribution < -0.4 is 0 Å². The Morgan fingerprint density at radius 3 is 2.50 bits per heavy atom. The highest BCUT2D eigenvalue weighted by Crippen LogP contribution is 2.25. The molecule has 0 saturated heterocycles. The van der Waals surface area contributed by atoms with Crippen molar-refractivity contribution in [3.05, 3.63) is 48.3 Å². The Balaban J connectivity index is 2.19. The van der Waals surface area contributed by atoms with Gasteiger partial charge in [0.2, 0.25) is 0 Å². The molecule has 0 amide bonds. The largest absolute Gasteiger partial charge is 0.508 e. The van der Waals surface area contributed by atoms with Crippen LogP contribution in [0.1, 0.15) is 18.9 Å². The average Bonchev–Trinajstić information content (AvgIpc) is 2.41. The van der Waals surface area contributed by atoms with Crippen LogP contribution in [0.2, 0.25) is 0 Å². The lowest BCUT2D eigenvalue weighted by Crippen LogP contribution is -1.83. The van der Waals surface area contributed by atoms with Crippen molar-refractivity contribution in [2.75, 3.05) is 0 Å². The number of hydrogen-bond donors (Lipinski definition) is 1. The van der Waals surface area contributed by atoms with Gasteiger partial charge in [-0.05, 0) is 42.3 Å². The summed E-state index contributed by atoms with van der Waals surface area (Å²) in [5.41, 5.74) is 2.41. The Morgan fingerprint density at radius 2 is 1.78 bits per heavy atom. The van der Waals surface area contributed by atoms with Gasteiger partial charge in [-0.3, -0.25) is 4.98 Å². The number of nitrogens with zero attached hydrogens (tertiary/aromatic N) is 3.